The van der Waals surface area contributed by atoms with Crippen molar-refractivity contribution in [1.82, 2.24) is 0 Å². The van der Waals surface area contributed by atoms with Gasteiger partial charge in [0.05, 0.1) is 0 Å². The van der Waals surface area contributed by atoms with E-state index in [1.54, 1.807) is 6.92 Å². The van der Waals surface area contributed by atoms with Gasteiger partial charge < -0.3 is 0 Å². The lowest BCUT2D eigenvalue weighted by atomic mass is 9.98. The fourth-order valence-corrected chi connectivity index (χ4v) is 1.03. The van der Waals surface area contributed by atoms with E-state index in [-0.39, 0.29) is 12.2 Å². The van der Waals surface area contributed by atoms with Crippen molar-refractivity contribution in [3.05, 3.63) is 11.6 Å². The van der Waals surface area contributed by atoms with Gasteiger partial charge in [-0.1, -0.05) is 5.57 Å². The van der Waals surface area contributed by atoms with Gasteiger partial charge in [0.2, 0.25) is 0 Å². The molecule has 0 saturated heterocycles. The Labute approximate surface area is 53.6 Å². The quantitative estimate of drug-likeness (QED) is 0.484. The molecule has 0 aromatic rings. The second-order valence-corrected chi connectivity index (χ2v) is 2.46. The Balaban J connectivity index is 2.67. The van der Waals surface area contributed by atoms with Crippen molar-refractivity contribution in [3.8, 4) is 0 Å². The summed E-state index contributed by atoms with van der Waals surface area (Å²) < 4.78 is 12.4. The van der Waals surface area contributed by atoms with Crippen LogP contribution >= 0.6 is 0 Å². The van der Waals surface area contributed by atoms with E-state index in [4.69, 9.17) is 0 Å². The van der Waals surface area contributed by atoms with E-state index in [2.05, 4.69) is 0 Å². The molecule has 1 atom stereocenters. The van der Waals surface area contributed by atoms with E-state index in [0.29, 0.717) is 6.42 Å². The summed E-state index contributed by atoms with van der Waals surface area (Å²) in [6, 6.07) is 0. The van der Waals surface area contributed by atoms with Gasteiger partial charge in [0.15, 0.2) is 5.78 Å². The standard InChI is InChI=1S/C7H9FO/c1-5-2-6(8)4-7(9)3-5/h3,6H,2,4H2,1H3. The molecule has 0 radical (unpaired) electrons. The van der Waals surface area contributed by atoms with Crippen LogP contribution in [0.5, 0.6) is 0 Å². The van der Waals surface area contributed by atoms with Crippen molar-refractivity contribution >= 4 is 5.78 Å². The fraction of sp³-hybridized carbons (Fsp3) is 0.571. The van der Waals surface area contributed by atoms with E-state index in [1.807, 2.05) is 0 Å². The number of halogens is 1. The first-order valence-electron chi connectivity index (χ1n) is 3.02. The van der Waals surface area contributed by atoms with Crippen LogP contribution in [0.25, 0.3) is 0 Å². The maximum Gasteiger partial charge on any atom is 0.158 e. The smallest absolute Gasteiger partial charge is 0.158 e. The lowest BCUT2D eigenvalue weighted by molar-refractivity contribution is -0.116. The highest BCUT2D eigenvalue weighted by Gasteiger charge is 2.16. The van der Waals surface area contributed by atoms with Crippen molar-refractivity contribution in [1.29, 1.82) is 0 Å². The van der Waals surface area contributed by atoms with E-state index in [1.165, 1.54) is 6.08 Å². The van der Waals surface area contributed by atoms with Gasteiger partial charge in [0.25, 0.3) is 0 Å². The molecule has 0 amide bonds. The molecule has 0 heterocycles. The van der Waals surface area contributed by atoms with Gasteiger partial charge in [-0.3, -0.25) is 4.79 Å². The first kappa shape index (κ1) is 6.46. The molecule has 1 unspecified atom stereocenters. The molecule has 0 fully saturated rings. The van der Waals surface area contributed by atoms with Crippen molar-refractivity contribution < 1.29 is 9.18 Å². The van der Waals surface area contributed by atoms with Crippen LogP contribution in [-0.4, -0.2) is 12.0 Å². The average Bonchev–Trinajstić information content (AvgIpc) is 1.59. The Kier molecular flexibility index (Phi) is 1.65. The molecule has 1 aliphatic carbocycles. The first-order chi connectivity index (χ1) is 4.18. The lowest BCUT2D eigenvalue weighted by Gasteiger charge is -2.11. The molecule has 0 aliphatic heterocycles. The number of carbonyl (C=O) groups excluding carboxylic acids is 1. The highest BCUT2D eigenvalue weighted by atomic mass is 19.1. The number of carbonyl (C=O) groups is 1. The monoisotopic (exact) mass is 128 g/mol. The first-order valence-corrected chi connectivity index (χ1v) is 3.02. The van der Waals surface area contributed by atoms with Gasteiger partial charge in [-0.15, -0.1) is 0 Å². The van der Waals surface area contributed by atoms with Gasteiger partial charge in [-0.05, 0) is 13.0 Å². The van der Waals surface area contributed by atoms with Crippen LogP contribution in [0.1, 0.15) is 19.8 Å². The third-order valence-corrected chi connectivity index (χ3v) is 1.37. The molecule has 1 rings (SSSR count). The Hall–Kier alpha value is -0.660. The van der Waals surface area contributed by atoms with E-state index >= 15 is 0 Å². The zero-order valence-electron chi connectivity index (χ0n) is 5.36. The number of alkyl halides is 1. The second kappa shape index (κ2) is 2.29. The molecule has 0 aromatic heterocycles. The van der Waals surface area contributed by atoms with Crippen LogP contribution in [0, 0.1) is 0 Å². The summed E-state index contributed by atoms with van der Waals surface area (Å²) in [7, 11) is 0. The second-order valence-electron chi connectivity index (χ2n) is 2.46. The van der Waals surface area contributed by atoms with Gasteiger partial charge in [-0.2, -0.15) is 0 Å². The van der Waals surface area contributed by atoms with E-state index in [0.717, 1.165) is 5.57 Å². The lowest BCUT2D eigenvalue weighted by Crippen LogP contribution is -2.13. The Bertz CT molecular complexity index is 160. The normalized spacial score (nSPS) is 28.0. The summed E-state index contributed by atoms with van der Waals surface area (Å²) in [5, 5.41) is 0. The molecule has 0 saturated carbocycles. The predicted molar refractivity (Wildman–Crippen MR) is 32.9 cm³/mol. The number of allylic oxidation sites excluding steroid dienone is 2. The van der Waals surface area contributed by atoms with Crippen LogP contribution in [-0.2, 0) is 4.79 Å². The van der Waals surface area contributed by atoms with Gasteiger partial charge in [-0.25, -0.2) is 4.39 Å². The molecule has 2 heteroatoms. The van der Waals surface area contributed by atoms with E-state index in [9.17, 15) is 9.18 Å². The van der Waals surface area contributed by atoms with Crippen LogP contribution in [0.4, 0.5) is 4.39 Å². The topological polar surface area (TPSA) is 17.1 Å². The SMILES string of the molecule is CC1=CC(=O)CC(F)C1. The molecule has 1 aliphatic rings. The van der Waals surface area contributed by atoms with Crippen molar-refractivity contribution in [2.24, 2.45) is 0 Å². The largest absolute Gasteiger partial charge is 0.295 e. The highest BCUT2D eigenvalue weighted by Crippen LogP contribution is 2.17. The minimum Gasteiger partial charge on any atom is -0.295 e. The molecule has 9 heavy (non-hydrogen) atoms. The Morgan fingerprint density at radius 2 is 2.33 bits per heavy atom. The van der Waals surface area contributed by atoms with Crippen molar-refractivity contribution in [2.75, 3.05) is 0 Å². The number of hydrogen-bond acceptors (Lipinski definition) is 1. The molecule has 0 aromatic carbocycles. The molecule has 1 nitrogen and oxygen atoms in total. The summed E-state index contributed by atoms with van der Waals surface area (Å²) in [4.78, 5) is 10.6. The zero-order valence-corrected chi connectivity index (χ0v) is 5.36. The van der Waals surface area contributed by atoms with Crippen LogP contribution in [0.15, 0.2) is 11.6 Å². The minimum atomic E-state index is -0.928. The number of hydrogen-bond donors (Lipinski definition) is 0. The van der Waals surface area contributed by atoms with Crippen molar-refractivity contribution in [3.63, 3.8) is 0 Å². The molecule has 50 valence electrons. The maximum atomic E-state index is 12.4. The summed E-state index contributed by atoms with van der Waals surface area (Å²) in [5.74, 6) is -0.0775. The van der Waals surface area contributed by atoms with Gasteiger partial charge >= 0.3 is 0 Å². The Morgan fingerprint density at radius 3 is 2.78 bits per heavy atom. The van der Waals surface area contributed by atoms with Crippen molar-refractivity contribution in [2.45, 2.75) is 25.9 Å². The summed E-state index contributed by atoms with van der Waals surface area (Å²) >= 11 is 0. The zero-order chi connectivity index (χ0) is 6.85. The maximum absolute atomic E-state index is 12.4. The molecule has 0 bridgehead atoms. The van der Waals surface area contributed by atoms with Gasteiger partial charge in [0.1, 0.15) is 6.17 Å². The predicted octanol–water partition coefficient (Wildman–Crippen LogP) is 1.63. The fourth-order valence-electron chi connectivity index (χ4n) is 1.03. The highest BCUT2D eigenvalue weighted by molar-refractivity contribution is 5.91. The van der Waals surface area contributed by atoms with Gasteiger partial charge in [0, 0.05) is 12.8 Å². The van der Waals surface area contributed by atoms with Crippen LogP contribution in [0.2, 0.25) is 0 Å². The molecular formula is C7H9FO. The Morgan fingerprint density at radius 1 is 1.67 bits per heavy atom. The molecule has 0 N–H and O–H groups in total. The number of rotatable bonds is 0. The summed E-state index contributed by atoms with van der Waals surface area (Å²) in [6.45, 7) is 1.78. The summed E-state index contributed by atoms with van der Waals surface area (Å²) in [5.41, 5.74) is 0.860. The van der Waals surface area contributed by atoms with E-state index < -0.39 is 6.17 Å². The molecular weight excluding hydrogens is 119 g/mol. The third-order valence-electron chi connectivity index (χ3n) is 1.37. The summed E-state index contributed by atoms with van der Waals surface area (Å²) in [6.07, 6.45) is 1.11. The third kappa shape index (κ3) is 1.63. The number of ketones is 1. The molecule has 0 spiro atoms. The minimum absolute atomic E-state index is 0.0775. The van der Waals surface area contributed by atoms with Crippen LogP contribution in [0.3, 0.4) is 0 Å². The van der Waals surface area contributed by atoms with Crippen LogP contribution < -0.4 is 0 Å². The average molecular weight is 128 g/mol.